The Morgan fingerprint density at radius 2 is 2.00 bits per heavy atom. The minimum Gasteiger partial charge on any atom is -0.305 e. The predicted octanol–water partition coefficient (Wildman–Crippen LogP) is 1.77. The molecule has 0 amide bonds. The van der Waals surface area contributed by atoms with E-state index in [2.05, 4.69) is 38.2 Å². The Hall–Kier alpha value is -0.530. The van der Waals surface area contributed by atoms with E-state index in [1.54, 1.807) is 0 Å². The van der Waals surface area contributed by atoms with E-state index >= 15 is 0 Å². The molecule has 0 aromatic carbocycles. The van der Waals surface area contributed by atoms with Crippen molar-refractivity contribution < 1.29 is 0 Å². The van der Waals surface area contributed by atoms with Gasteiger partial charge in [-0.15, -0.1) is 0 Å². The Balaban J connectivity index is 3.38. The molecular formula is C7H16N2. The van der Waals surface area contributed by atoms with E-state index in [4.69, 9.17) is 0 Å². The van der Waals surface area contributed by atoms with Crippen molar-refractivity contribution in [2.24, 2.45) is 5.10 Å². The van der Waals surface area contributed by atoms with Gasteiger partial charge in [-0.1, -0.05) is 6.92 Å². The molecule has 0 aliphatic heterocycles. The quantitative estimate of drug-likeness (QED) is 0.445. The summed E-state index contributed by atoms with van der Waals surface area (Å²) in [5.41, 5.74) is 3.10. The first kappa shape index (κ1) is 8.47. The van der Waals surface area contributed by atoms with E-state index in [0.717, 1.165) is 6.42 Å². The molecule has 0 aliphatic rings. The lowest BCUT2D eigenvalue weighted by Gasteiger charge is -2.16. The number of hydrazone groups is 1. The molecule has 0 saturated heterocycles. The van der Waals surface area contributed by atoms with Gasteiger partial charge in [0.1, 0.15) is 0 Å². The second kappa shape index (κ2) is 3.49. The molecule has 1 N–H and O–H groups in total. The van der Waals surface area contributed by atoms with E-state index in [9.17, 15) is 0 Å². The summed E-state index contributed by atoms with van der Waals surface area (Å²) < 4.78 is 0. The average Bonchev–Trinajstić information content (AvgIpc) is 1.63. The molecular weight excluding hydrogens is 112 g/mol. The molecule has 2 heteroatoms. The van der Waals surface area contributed by atoms with Crippen molar-refractivity contribution in [2.75, 3.05) is 0 Å². The van der Waals surface area contributed by atoms with Gasteiger partial charge in [0.05, 0.1) is 0 Å². The summed E-state index contributed by atoms with van der Waals surface area (Å²) in [6.07, 6.45) is 2.86. The largest absolute Gasteiger partial charge is 0.305 e. The monoisotopic (exact) mass is 128 g/mol. The van der Waals surface area contributed by atoms with E-state index < -0.39 is 0 Å². The highest BCUT2D eigenvalue weighted by Crippen LogP contribution is 1.96. The van der Waals surface area contributed by atoms with Crippen LogP contribution < -0.4 is 5.43 Å². The molecule has 0 aliphatic carbocycles. The molecule has 0 bridgehead atoms. The number of hydrogen-bond acceptors (Lipinski definition) is 2. The first-order valence-electron chi connectivity index (χ1n) is 3.35. The van der Waals surface area contributed by atoms with E-state index in [0.29, 0.717) is 0 Å². The topological polar surface area (TPSA) is 24.4 Å². The lowest BCUT2D eigenvalue weighted by molar-refractivity contribution is 0.442. The van der Waals surface area contributed by atoms with Crippen LogP contribution in [0.5, 0.6) is 0 Å². The van der Waals surface area contributed by atoms with Crippen LogP contribution in [-0.2, 0) is 0 Å². The van der Waals surface area contributed by atoms with Crippen LogP contribution in [0.4, 0.5) is 0 Å². The van der Waals surface area contributed by atoms with Gasteiger partial charge in [-0.05, 0) is 27.2 Å². The van der Waals surface area contributed by atoms with Crippen LogP contribution in [0.15, 0.2) is 5.10 Å². The summed E-state index contributed by atoms with van der Waals surface area (Å²) >= 11 is 0. The van der Waals surface area contributed by atoms with Crippen molar-refractivity contribution in [2.45, 2.75) is 39.7 Å². The van der Waals surface area contributed by atoms with Crippen LogP contribution in [0, 0.1) is 0 Å². The van der Waals surface area contributed by atoms with Gasteiger partial charge >= 0.3 is 0 Å². The zero-order valence-corrected chi connectivity index (χ0v) is 6.73. The van der Waals surface area contributed by atoms with Gasteiger partial charge in [0.2, 0.25) is 0 Å². The maximum Gasteiger partial charge on any atom is 0.0464 e. The molecule has 9 heavy (non-hydrogen) atoms. The summed E-state index contributed by atoms with van der Waals surface area (Å²) in [5, 5.41) is 3.99. The number of nitrogens with one attached hydrogen (secondary N) is 1. The standard InChI is InChI=1S/C7H16N2/c1-5-6-8-9-7(2,3)4/h6,9H,5H2,1-4H3/b8-6+. The first-order chi connectivity index (χ1) is 4.06. The molecule has 0 atom stereocenters. The maximum atomic E-state index is 3.99. The van der Waals surface area contributed by atoms with Crippen LogP contribution in [0.25, 0.3) is 0 Å². The van der Waals surface area contributed by atoms with Gasteiger partial charge in [-0.2, -0.15) is 5.10 Å². The SMILES string of the molecule is CC/C=N/NC(C)(C)C. The van der Waals surface area contributed by atoms with Gasteiger partial charge in [0, 0.05) is 11.8 Å². The van der Waals surface area contributed by atoms with Crippen molar-refractivity contribution in [3.05, 3.63) is 0 Å². The minimum atomic E-state index is 0.103. The lowest BCUT2D eigenvalue weighted by Crippen LogP contribution is -2.31. The fourth-order valence-corrected chi connectivity index (χ4v) is 0.331. The molecule has 0 aromatic heterocycles. The Morgan fingerprint density at radius 1 is 1.44 bits per heavy atom. The zero-order valence-electron chi connectivity index (χ0n) is 6.73. The molecule has 0 rings (SSSR count). The smallest absolute Gasteiger partial charge is 0.0464 e. The summed E-state index contributed by atoms with van der Waals surface area (Å²) in [7, 11) is 0. The summed E-state index contributed by atoms with van der Waals surface area (Å²) in [5.74, 6) is 0. The molecule has 0 fully saturated rings. The normalized spacial score (nSPS) is 12.4. The van der Waals surface area contributed by atoms with Gasteiger partial charge in [-0.25, -0.2) is 0 Å². The first-order valence-corrected chi connectivity index (χ1v) is 3.35. The Morgan fingerprint density at radius 3 is 2.33 bits per heavy atom. The van der Waals surface area contributed by atoms with Gasteiger partial charge in [0.25, 0.3) is 0 Å². The van der Waals surface area contributed by atoms with E-state index in [-0.39, 0.29) is 5.54 Å². The molecule has 0 radical (unpaired) electrons. The van der Waals surface area contributed by atoms with Crippen LogP contribution in [0.3, 0.4) is 0 Å². The van der Waals surface area contributed by atoms with Crippen molar-refractivity contribution in [3.8, 4) is 0 Å². The third-order valence-electron chi connectivity index (χ3n) is 0.674. The molecule has 54 valence electrons. The second-order valence-corrected chi connectivity index (χ2v) is 3.08. The highest BCUT2D eigenvalue weighted by molar-refractivity contribution is 5.56. The average molecular weight is 128 g/mol. The predicted molar refractivity (Wildman–Crippen MR) is 41.7 cm³/mol. The highest BCUT2D eigenvalue weighted by Gasteiger charge is 2.04. The van der Waals surface area contributed by atoms with E-state index in [1.807, 2.05) is 6.21 Å². The molecule has 2 nitrogen and oxygen atoms in total. The van der Waals surface area contributed by atoms with Gasteiger partial charge in [0.15, 0.2) is 0 Å². The number of rotatable bonds is 2. The second-order valence-electron chi connectivity index (χ2n) is 3.08. The number of hydrogen-bond donors (Lipinski definition) is 1. The van der Waals surface area contributed by atoms with Gasteiger partial charge in [-0.3, -0.25) is 0 Å². The Labute approximate surface area is 57.3 Å². The van der Waals surface area contributed by atoms with Crippen LogP contribution in [-0.4, -0.2) is 11.8 Å². The molecule has 0 spiro atoms. The van der Waals surface area contributed by atoms with E-state index in [1.165, 1.54) is 0 Å². The molecule has 0 heterocycles. The number of nitrogens with zero attached hydrogens (tertiary/aromatic N) is 1. The van der Waals surface area contributed by atoms with Crippen molar-refractivity contribution >= 4 is 6.21 Å². The van der Waals surface area contributed by atoms with Gasteiger partial charge < -0.3 is 5.43 Å². The Bertz CT molecular complexity index is 89.6. The minimum absolute atomic E-state index is 0.103. The molecule has 0 aromatic rings. The summed E-state index contributed by atoms with van der Waals surface area (Å²) in [6, 6.07) is 0. The fraction of sp³-hybridized carbons (Fsp3) is 0.857. The van der Waals surface area contributed by atoms with Crippen LogP contribution in [0.1, 0.15) is 34.1 Å². The Kier molecular flexibility index (Phi) is 3.28. The molecule has 0 saturated carbocycles. The van der Waals surface area contributed by atoms with Crippen LogP contribution >= 0.6 is 0 Å². The van der Waals surface area contributed by atoms with Crippen molar-refractivity contribution in [3.63, 3.8) is 0 Å². The lowest BCUT2D eigenvalue weighted by atomic mass is 10.1. The summed E-state index contributed by atoms with van der Waals surface area (Å²) in [6.45, 7) is 8.31. The van der Waals surface area contributed by atoms with Crippen LogP contribution in [0.2, 0.25) is 0 Å². The third kappa shape index (κ3) is 7.47. The zero-order chi connectivity index (χ0) is 7.33. The van der Waals surface area contributed by atoms with Crippen molar-refractivity contribution in [1.29, 1.82) is 0 Å². The highest BCUT2D eigenvalue weighted by atomic mass is 15.3. The van der Waals surface area contributed by atoms with Crippen molar-refractivity contribution in [1.82, 2.24) is 5.43 Å². The maximum absolute atomic E-state index is 3.99. The molecule has 0 unspecified atom stereocenters. The third-order valence-corrected chi connectivity index (χ3v) is 0.674. The fourth-order valence-electron chi connectivity index (χ4n) is 0.331. The summed E-state index contributed by atoms with van der Waals surface area (Å²) in [4.78, 5) is 0.